The minimum atomic E-state index is -0.415. The Kier molecular flexibility index (Phi) is 7.19. The second kappa shape index (κ2) is 9.59. The molecule has 2 saturated carbocycles. The van der Waals surface area contributed by atoms with Crippen molar-refractivity contribution in [2.45, 2.75) is 77.0 Å². The molecule has 140 valence electrons. The van der Waals surface area contributed by atoms with Crippen LogP contribution in [0.5, 0.6) is 5.75 Å². The van der Waals surface area contributed by atoms with Crippen LogP contribution in [-0.2, 0) is 0 Å². The van der Waals surface area contributed by atoms with Crippen LogP contribution in [0, 0.1) is 17.8 Å². The van der Waals surface area contributed by atoms with E-state index in [0.717, 1.165) is 23.5 Å². The standard InChI is InChI=1S/C23H35FO/c1-2-5-18-8-10-19(11-9-18)20-12-14-21(15-13-20)22-6-3-4-7-23(22)25-17-16-24/h3-4,6-7,18-21H,2,5,8-17H2,1H3. The first-order valence-corrected chi connectivity index (χ1v) is 10.6. The quantitative estimate of drug-likeness (QED) is 0.521. The topological polar surface area (TPSA) is 9.23 Å². The molecule has 2 fully saturated rings. The van der Waals surface area contributed by atoms with Gasteiger partial charge in [0.15, 0.2) is 0 Å². The fraction of sp³-hybridized carbons (Fsp3) is 0.739. The molecule has 25 heavy (non-hydrogen) atoms. The van der Waals surface area contributed by atoms with Gasteiger partial charge in [0.25, 0.3) is 0 Å². The molecule has 0 saturated heterocycles. The van der Waals surface area contributed by atoms with E-state index in [2.05, 4.69) is 19.1 Å². The molecule has 3 rings (SSSR count). The number of alkyl halides is 1. The summed E-state index contributed by atoms with van der Waals surface area (Å²) in [6, 6.07) is 8.29. The molecule has 2 heteroatoms. The van der Waals surface area contributed by atoms with Gasteiger partial charge in [0.05, 0.1) is 0 Å². The second-order valence-corrected chi connectivity index (χ2v) is 8.26. The predicted octanol–water partition coefficient (Wildman–Crippen LogP) is 6.92. The van der Waals surface area contributed by atoms with E-state index >= 15 is 0 Å². The maximum Gasteiger partial charge on any atom is 0.123 e. The Labute approximate surface area is 153 Å². The van der Waals surface area contributed by atoms with Gasteiger partial charge in [-0.1, -0.05) is 50.8 Å². The van der Waals surface area contributed by atoms with Crippen molar-refractivity contribution in [1.82, 2.24) is 0 Å². The molecule has 2 aliphatic carbocycles. The minimum absolute atomic E-state index is 0.174. The highest BCUT2D eigenvalue weighted by Gasteiger charge is 2.31. The molecule has 0 radical (unpaired) electrons. The molecule has 0 N–H and O–H groups in total. The van der Waals surface area contributed by atoms with Crippen LogP contribution < -0.4 is 4.74 Å². The van der Waals surface area contributed by atoms with Crippen LogP contribution in [0.25, 0.3) is 0 Å². The first-order chi connectivity index (χ1) is 12.3. The monoisotopic (exact) mass is 346 g/mol. The average molecular weight is 347 g/mol. The Bertz CT molecular complexity index is 499. The fourth-order valence-electron chi connectivity index (χ4n) is 5.36. The van der Waals surface area contributed by atoms with Crippen molar-refractivity contribution < 1.29 is 9.13 Å². The average Bonchev–Trinajstić information content (AvgIpc) is 2.68. The van der Waals surface area contributed by atoms with Crippen molar-refractivity contribution in [2.75, 3.05) is 13.3 Å². The maximum atomic E-state index is 12.5. The number of halogens is 1. The summed E-state index contributed by atoms with van der Waals surface area (Å²) in [6.07, 6.45) is 13.9. The van der Waals surface area contributed by atoms with E-state index in [1.54, 1.807) is 0 Å². The predicted molar refractivity (Wildman–Crippen MR) is 103 cm³/mol. The Morgan fingerprint density at radius 3 is 2.20 bits per heavy atom. The molecule has 0 atom stereocenters. The number of hydrogen-bond acceptors (Lipinski definition) is 1. The molecule has 1 nitrogen and oxygen atoms in total. The SMILES string of the molecule is CCCC1CCC(C2CCC(c3ccccc3OCCF)CC2)CC1. The molecule has 0 amide bonds. The molecule has 0 spiro atoms. The molecule has 0 aliphatic heterocycles. The first-order valence-electron chi connectivity index (χ1n) is 10.6. The van der Waals surface area contributed by atoms with Gasteiger partial charge >= 0.3 is 0 Å². The summed E-state index contributed by atoms with van der Waals surface area (Å²) in [5.41, 5.74) is 1.31. The van der Waals surface area contributed by atoms with Crippen LogP contribution in [0.2, 0.25) is 0 Å². The number of benzene rings is 1. The molecule has 0 aromatic heterocycles. The fourth-order valence-corrected chi connectivity index (χ4v) is 5.36. The van der Waals surface area contributed by atoms with Crippen LogP contribution in [0.15, 0.2) is 24.3 Å². The number of rotatable bonds is 7. The lowest BCUT2D eigenvalue weighted by atomic mass is 9.68. The first kappa shape index (κ1) is 18.7. The van der Waals surface area contributed by atoms with E-state index in [-0.39, 0.29) is 6.61 Å². The number of hydrogen-bond donors (Lipinski definition) is 0. The third-order valence-corrected chi connectivity index (χ3v) is 6.72. The van der Waals surface area contributed by atoms with E-state index in [1.165, 1.54) is 69.8 Å². The van der Waals surface area contributed by atoms with Crippen molar-refractivity contribution in [1.29, 1.82) is 0 Å². The molecular weight excluding hydrogens is 311 g/mol. The summed E-state index contributed by atoms with van der Waals surface area (Å²) >= 11 is 0. The Balaban J connectivity index is 1.51. The molecule has 1 aromatic rings. The molecule has 0 bridgehead atoms. The van der Waals surface area contributed by atoms with Gasteiger partial charge in [-0.2, -0.15) is 0 Å². The lowest BCUT2D eigenvalue weighted by Crippen LogP contribution is -2.25. The van der Waals surface area contributed by atoms with E-state index in [0.29, 0.717) is 5.92 Å². The van der Waals surface area contributed by atoms with Crippen LogP contribution >= 0.6 is 0 Å². The highest BCUT2D eigenvalue weighted by molar-refractivity contribution is 5.36. The third kappa shape index (κ3) is 4.99. The van der Waals surface area contributed by atoms with Crippen molar-refractivity contribution in [3.05, 3.63) is 29.8 Å². The van der Waals surface area contributed by atoms with Crippen molar-refractivity contribution in [2.24, 2.45) is 17.8 Å². The zero-order chi connectivity index (χ0) is 17.5. The molecular formula is C23H35FO. The Morgan fingerprint density at radius 1 is 0.920 bits per heavy atom. The van der Waals surface area contributed by atoms with Gasteiger partial charge in [0.2, 0.25) is 0 Å². The van der Waals surface area contributed by atoms with E-state index < -0.39 is 6.67 Å². The summed E-state index contributed by atoms with van der Waals surface area (Å²) in [4.78, 5) is 0. The molecule has 0 heterocycles. The zero-order valence-electron chi connectivity index (χ0n) is 15.9. The molecule has 2 aliphatic rings. The molecule has 1 aromatic carbocycles. The van der Waals surface area contributed by atoms with Gasteiger partial charge in [-0.05, 0) is 73.8 Å². The van der Waals surface area contributed by atoms with Crippen LogP contribution in [0.1, 0.15) is 82.6 Å². The Morgan fingerprint density at radius 2 is 1.56 bits per heavy atom. The number of ether oxygens (including phenoxy) is 1. The lowest BCUT2D eigenvalue weighted by Gasteiger charge is -2.38. The van der Waals surface area contributed by atoms with E-state index in [4.69, 9.17) is 4.74 Å². The second-order valence-electron chi connectivity index (χ2n) is 8.26. The lowest BCUT2D eigenvalue weighted by molar-refractivity contribution is 0.155. The van der Waals surface area contributed by atoms with Crippen molar-refractivity contribution in [3.8, 4) is 5.75 Å². The zero-order valence-corrected chi connectivity index (χ0v) is 15.9. The smallest absolute Gasteiger partial charge is 0.123 e. The van der Waals surface area contributed by atoms with Crippen LogP contribution in [0.3, 0.4) is 0 Å². The van der Waals surface area contributed by atoms with Gasteiger partial charge in [-0.3, -0.25) is 0 Å². The maximum absolute atomic E-state index is 12.5. The van der Waals surface area contributed by atoms with Gasteiger partial charge in [0, 0.05) is 0 Å². The van der Waals surface area contributed by atoms with Gasteiger partial charge < -0.3 is 4.74 Å². The molecule has 0 unspecified atom stereocenters. The third-order valence-electron chi connectivity index (χ3n) is 6.72. The Hall–Kier alpha value is -1.05. The van der Waals surface area contributed by atoms with Gasteiger partial charge in [0.1, 0.15) is 19.0 Å². The summed E-state index contributed by atoms with van der Waals surface area (Å²) in [5.74, 6) is 4.44. The highest BCUT2D eigenvalue weighted by Crippen LogP contribution is 2.45. The summed E-state index contributed by atoms with van der Waals surface area (Å²) < 4.78 is 18.1. The van der Waals surface area contributed by atoms with Gasteiger partial charge in [-0.15, -0.1) is 0 Å². The van der Waals surface area contributed by atoms with Gasteiger partial charge in [-0.25, -0.2) is 4.39 Å². The normalized spacial score (nSPS) is 30.2. The highest BCUT2D eigenvalue weighted by atomic mass is 19.1. The summed E-state index contributed by atoms with van der Waals surface area (Å²) in [7, 11) is 0. The van der Waals surface area contributed by atoms with Crippen molar-refractivity contribution >= 4 is 0 Å². The van der Waals surface area contributed by atoms with Crippen LogP contribution in [0.4, 0.5) is 4.39 Å². The minimum Gasteiger partial charge on any atom is -0.491 e. The van der Waals surface area contributed by atoms with E-state index in [1.807, 2.05) is 12.1 Å². The number of para-hydroxylation sites is 1. The van der Waals surface area contributed by atoms with Crippen molar-refractivity contribution in [3.63, 3.8) is 0 Å². The van der Waals surface area contributed by atoms with Crippen LogP contribution in [-0.4, -0.2) is 13.3 Å². The summed E-state index contributed by atoms with van der Waals surface area (Å²) in [6.45, 7) is 2.08. The summed E-state index contributed by atoms with van der Waals surface area (Å²) in [5, 5.41) is 0. The largest absolute Gasteiger partial charge is 0.491 e. The van der Waals surface area contributed by atoms with E-state index in [9.17, 15) is 4.39 Å².